The maximum atomic E-state index is 12.3. The number of nitrogens with two attached hydrogens (primary N) is 1. The zero-order valence-corrected chi connectivity index (χ0v) is 10.7. The molecule has 0 radical (unpaired) electrons. The molecular formula is C13H17F3N2O. The summed E-state index contributed by atoms with van der Waals surface area (Å²) in [6, 6.07) is 6.47. The van der Waals surface area contributed by atoms with E-state index in [0.717, 1.165) is 13.0 Å². The van der Waals surface area contributed by atoms with Gasteiger partial charge in [-0.15, -0.1) is 13.2 Å². The monoisotopic (exact) mass is 274 g/mol. The molecule has 6 heteroatoms. The van der Waals surface area contributed by atoms with Crippen molar-refractivity contribution in [3.8, 4) is 5.75 Å². The molecule has 0 aliphatic carbocycles. The number of benzene rings is 1. The van der Waals surface area contributed by atoms with Crippen LogP contribution >= 0.6 is 0 Å². The van der Waals surface area contributed by atoms with Crippen LogP contribution in [0, 0.1) is 0 Å². The molecule has 1 saturated heterocycles. The van der Waals surface area contributed by atoms with E-state index in [1.165, 1.54) is 12.1 Å². The molecule has 2 rings (SSSR count). The maximum absolute atomic E-state index is 12.3. The Balaban J connectivity index is 2.12. The Bertz CT molecular complexity index is 436. The fraction of sp³-hybridized carbons (Fsp3) is 0.538. The molecule has 1 fully saturated rings. The Morgan fingerprint density at radius 2 is 2.05 bits per heavy atom. The van der Waals surface area contributed by atoms with Gasteiger partial charge in [-0.2, -0.15) is 0 Å². The predicted octanol–water partition coefficient (Wildman–Crippen LogP) is 2.51. The highest BCUT2D eigenvalue weighted by atomic mass is 19.4. The molecule has 2 N–H and O–H groups in total. The topological polar surface area (TPSA) is 38.5 Å². The highest BCUT2D eigenvalue weighted by molar-refractivity contribution is 5.33. The molecule has 0 saturated carbocycles. The highest BCUT2D eigenvalue weighted by Gasteiger charge is 2.33. The van der Waals surface area contributed by atoms with Gasteiger partial charge in [0, 0.05) is 30.7 Å². The van der Waals surface area contributed by atoms with Gasteiger partial charge in [-0.05, 0) is 19.4 Å². The average molecular weight is 274 g/mol. The summed E-state index contributed by atoms with van der Waals surface area (Å²) in [5.74, 6) is -0.136. The Kier molecular flexibility index (Phi) is 4.01. The van der Waals surface area contributed by atoms with Crippen LogP contribution < -0.4 is 10.5 Å². The van der Waals surface area contributed by atoms with Crippen molar-refractivity contribution in [3.05, 3.63) is 29.8 Å². The van der Waals surface area contributed by atoms with Gasteiger partial charge in [-0.3, -0.25) is 4.90 Å². The molecular weight excluding hydrogens is 257 g/mol. The minimum absolute atomic E-state index is 0.0793. The van der Waals surface area contributed by atoms with E-state index in [1.54, 1.807) is 12.1 Å². The van der Waals surface area contributed by atoms with Gasteiger partial charge < -0.3 is 10.5 Å². The number of ether oxygens (including phenoxy) is 1. The summed E-state index contributed by atoms with van der Waals surface area (Å²) in [5, 5.41) is 0. The second-order valence-electron chi connectivity index (χ2n) is 4.82. The minimum atomic E-state index is -4.66. The molecule has 1 aliphatic rings. The lowest BCUT2D eigenvalue weighted by molar-refractivity contribution is -0.275. The van der Waals surface area contributed by atoms with Crippen molar-refractivity contribution in [1.82, 2.24) is 4.90 Å². The minimum Gasteiger partial charge on any atom is -0.405 e. The van der Waals surface area contributed by atoms with Crippen LogP contribution in [-0.2, 0) is 6.54 Å². The fourth-order valence-electron chi connectivity index (χ4n) is 2.33. The van der Waals surface area contributed by atoms with Crippen molar-refractivity contribution < 1.29 is 17.9 Å². The third kappa shape index (κ3) is 3.61. The van der Waals surface area contributed by atoms with E-state index in [2.05, 4.69) is 9.64 Å². The molecule has 2 unspecified atom stereocenters. The average Bonchev–Trinajstić information content (AvgIpc) is 2.62. The van der Waals surface area contributed by atoms with E-state index in [9.17, 15) is 13.2 Å². The van der Waals surface area contributed by atoms with E-state index in [-0.39, 0.29) is 17.8 Å². The summed E-state index contributed by atoms with van der Waals surface area (Å²) < 4.78 is 41.0. The molecule has 0 bridgehead atoms. The molecule has 3 nitrogen and oxygen atoms in total. The number of hydrogen-bond acceptors (Lipinski definition) is 3. The first kappa shape index (κ1) is 14.1. The molecule has 1 aromatic rings. The van der Waals surface area contributed by atoms with Gasteiger partial charge in [-0.1, -0.05) is 18.2 Å². The summed E-state index contributed by atoms with van der Waals surface area (Å²) in [6.07, 6.45) is -3.80. The molecule has 1 aromatic carbocycles. The van der Waals surface area contributed by atoms with Gasteiger partial charge in [0.2, 0.25) is 0 Å². The van der Waals surface area contributed by atoms with Crippen LogP contribution in [0.5, 0.6) is 5.75 Å². The zero-order valence-electron chi connectivity index (χ0n) is 10.7. The first-order chi connectivity index (χ1) is 8.87. The summed E-state index contributed by atoms with van der Waals surface area (Å²) in [4.78, 5) is 2.07. The normalized spacial score (nSPS) is 24.7. The van der Waals surface area contributed by atoms with E-state index in [4.69, 9.17) is 5.73 Å². The van der Waals surface area contributed by atoms with Crippen molar-refractivity contribution in [2.75, 3.05) is 6.54 Å². The summed E-state index contributed by atoms with van der Waals surface area (Å²) in [7, 11) is 0. The quantitative estimate of drug-likeness (QED) is 0.920. The standard InChI is InChI=1S/C13H17F3N2O/c1-9-11(17)6-7-18(9)8-10-4-2-3-5-12(10)19-13(14,15)16/h2-5,9,11H,6-8,17H2,1H3. The molecule has 2 atom stereocenters. The summed E-state index contributed by atoms with van der Waals surface area (Å²) >= 11 is 0. The fourth-order valence-corrected chi connectivity index (χ4v) is 2.33. The molecule has 1 aliphatic heterocycles. The van der Waals surface area contributed by atoms with Crippen LogP contribution in [0.4, 0.5) is 13.2 Å². The smallest absolute Gasteiger partial charge is 0.405 e. The SMILES string of the molecule is CC1C(N)CCN1Cc1ccccc1OC(F)(F)F. The number of likely N-dealkylation sites (tertiary alicyclic amines) is 1. The maximum Gasteiger partial charge on any atom is 0.573 e. The lowest BCUT2D eigenvalue weighted by Crippen LogP contribution is -2.36. The second-order valence-corrected chi connectivity index (χ2v) is 4.82. The Hall–Kier alpha value is -1.27. The van der Waals surface area contributed by atoms with Crippen LogP contribution in [0.1, 0.15) is 18.9 Å². The summed E-state index contributed by atoms with van der Waals surface area (Å²) in [6.45, 7) is 3.20. The Labute approximate surface area is 110 Å². The zero-order chi connectivity index (χ0) is 14.0. The van der Waals surface area contributed by atoms with Gasteiger partial charge >= 0.3 is 6.36 Å². The summed E-state index contributed by atoms with van der Waals surface area (Å²) in [5.41, 5.74) is 6.44. The Morgan fingerprint density at radius 1 is 1.37 bits per heavy atom. The van der Waals surface area contributed by atoms with Gasteiger partial charge in [-0.25, -0.2) is 0 Å². The number of hydrogen-bond donors (Lipinski definition) is 1. The molecule has 0 amide bonds. The van der Waals surface area contributed by atoms with E-state index in [1.807, 2.05) is 6.92 Å². The van der Waals surface area contributed by atoms with Gasteiger partial charge in [0.15, 0.2) is 0 Å². The second kappa shape index (κ2) is 5.38. The van der Waals surface area contributed by atoms with Crippen molar-refractivity contribution in [3.63, 3.8) is 0 Å². The molecule has 19 heavy (non-hydrogen) atoms. The van der Waals surface area contributed by atoms with Crippen LogP contribution in [0.2, 0.25) is 0 Å². The number of halogens is 3. The first-order valence-corrected chi connectivity index (χ1v) is 6.20. The van der Waals surface area contributed by atoms with Crippen molar-refractivity contribution in [2.24, 2.45) is 5.73 Å². The first-order valence-electron chi connectivity index (χ1n) is 6.20. The van der Waals surface area contributed by atoms with Crippen molar-refractivity contribution >= 4 is 0 Å². The van der Waals surface area contributed by atoms with Crippen LogP contribution in [0.15, 0.2) is 24.3 Å². The van der Waals surface area contributed by atoms with Gasteiger partial charge in [0.25, 0.3) is 0 Å². The molecule has 0 spiro atoms. The van der Waals surface area contributed by atoms with Gasteiger partial charge in [0.1, 0.15) is 5.75 Å². The van der Waals surface area contributed by atoms with E-state index < -0.39 is 6.36 Å². The number of para-hydroxylation sites is 1. The largest absolute Gasteiger partial charge is 0.573 e. The van der Waals surface area contributed by atoms with Crippen molar-refractivity contribution in [1.29, 1.82) is 0 Å². The van der Waals surface area contributed by atoms with E-state index >= 15 is 0 Å². The number of alkyl halides is 3. The molecule has 1 heterocycles. The lowest BCUT2D eigenvalue weighted by Gasteiger charge is -2.24. The van der Waals surface area contributed by atoms with Crippen LogP contribution in [0.25, 0.3) is 0 Å². The molecule has 0 aromatic heterocycles. The van der Waals surface area contributed by atoms with Crippen LogP contribution in [-0.4, -0.2) is 29.9 Å². The van der Waals surface area contributed by atoms with Gasteiger partial charge in [0.05, 0.1) is 0 Å². The lowest BCUT2D eigenvalue weighted by atomic mass is 10.1. The molecule has 106 valence electrons. The third-order valence-electron chi connectivity index (χ3n) is 3.52. The number of nitrogens with zero attached hydrogens (tertiary/aromatic N) is 1. The predicted molar refractivity (Wildman–Crippen MR) is 65.6 cm³/mol. The van der Waals surface area contributed by atoms with Crippen LogP contribution in [0.3, 0.4) is 0 Å². The van der Waals surface area contributed by atoms with Crippen molar-refractivity contribution in [2.45, 2.75) is 38.3 Å². The van der Waals surface area contributed by atoms with E-state index in [0.29, 0.717) is 12.1 Å². The Morgan fingerprint density at radius 3 is 2.63 bits per heavy atom. The number of rotatable bonds is 3. The highest BCUT2D eigenvalue weighted by Crippen LogP contribution is 2.28. The third-order valence-corrected chi connectivity index (χ3v) is 3.52.